The van der Waals surface area contributed by atoms with Gasteiger partial charge in [0.15, 0.2) is 0 Å². The minimum Gasteiger partial charge on any atom is -0.355 e. The van der Waals surface area contributed by atoms with Crippen LogP contribution in [0.4, 0.5) is 11.4 Å². The van der Waals surface area contributed by atoms with Gasteiger partial charge >= 0.3 is 0 Å². The molecule has 0 aliphatic heterocycles. The van der Waals surface area contributed by atoms with Gasteiger partial charge in [0.1, 0.15) is 0 Å². The van der Waals surface area contributed by atoms with Crippen molar-refractivity contribution < 1.29 is 0 Å². The number of pyridine rings is 1. The van der Waals surface area contributed by atoms with E-state index in [0.717, 1.165) is 22.4 Å². The fourth-order valence-electron chi connectivity index (χ4n) is 2.61. The smallest absolute Gasteiger partial charge is 0.0832 e. The molecule has 0 spiro atoms. The van der Waals surface area contributed by atoms with Crippen molar-refractivity contribution in [1.29, 1.82) is 0 Å². The molecular formula is C18H16N3PS. The fourth-order valence-corrected chi connectivity index (χ4v) is 4.03. The summed E-state index contributed by atoms with van der Waals surface area (Å²) in [4.78, 5) is 8.87. The third-order valence-corrected chi connectivity index (χ3v) is 5.97. The molecule has 0 aliphatic rings. The molecule has 5 heteroatoms. The number of nitrogens with one attached hydrogen (secondary N) is 1. The molecule has 23 heavy (non-hydrogen) atoms. The van der Waals surface area contributed by atoms with Gasteiger partial charge in [-0.3, -0.25) is 4.98 Å². The van der Waals surface area contributed by atoms with E-state index in [0.29, 0.717) is 0 Å². The quantitative estimate of drug-likeness (QED) is 0.537. The average molecular weight is 337 g/mol. The van der Waals surface area contributed by atoms with E-state index in [1.807, 2.05) is 17.8 Å². The van der Waals surface area contributed by atoms with Gasteiger partial charge in [-0.2, -0.15) is 0 Å². The predicted molar refractivity (Wildman–Crippen MR) is 103 cm³/mol. The molecule has 4 rings (SSSR count). The molecule has 4 aromatic rings. The number of fused-ring (bicyclic) bond motifs is 2. The number of hydrogen-bond donors (Lipinski definition) is 1. The molecule has 114 valence electrons. The Bertz CT molecular complexity index is 994. The normalized spacial score (nSPS) is 11.4. The second kappa shape index (κ2) is 5.88. The highest BCUT2D eigenvalue weighted by molar-refractivity contribution is 7.64. The molecule has 0 aliphatic carbocycles. The summed E-state index contributed by atoms with van der Waals surface area (Å²) in [5.41, 5.74) is 6.07. The second-order valence-corrected chi connectivity index (χ2v) is 8.81. The number of anilines is 2. The van der Waals surface area contributed by atoms with Crippen LogP contribution in [0.15, 0.2) is 54.2 Å². The van der Waals surface area contributed by atoms with Gasteiger partial charge in [-0.05, 0) is 55.0 Å². The second-order valence-electron chi connectivity index (χ2n) is 5.61. The molecule has 2 heterocycles. The largest absolute Gasteiger partial charge is 0.355 e. The van der Waals surface area contributed by atoms with Gasteiger partial charge in [-0.15, -0.1) is 11.3 Å². The number of hydrogen-bond acceptors (Lipinski definition) is 4. The molecule has 0 unspecified atom stereocenters. The monoisotopic (exact) mass is 337 g/mol. The first kappa shape index (κ1) is 14.6. The standard InChI is InChI=1S/C18H16N3PS/c1-22(2)13-4-5-15-14(10-13)16(7-8-19-15)21-12-3-6-18-17(9-12)20-11-23-18/h3-11H,1-2H3,(H,19,21). The molecule has 0 fully saturated rings. The summed E-state index contributed by atoms with van der Waals surface area (Å²) >= 11 is 1.66. The zero-order valence-electron chi connectivity index (χ0n) is 12.9. The molecule has 3 nitrogen and oxygen atoms in total. The topological polar surface area (TPSA) is 37.8 Å². The SMILES string of the molecule is CP(C)c1ccc2nccc(Nc3ccc4scnc4c3)c2c1. The molecular weight excluding hydrogens is 321 g/mol. The van der Waals surface area contributed by atoms with E-state index >= 15 is 0 Å². The van der Waals surface area contributed by atoms with Gasteiger partial charge in [0, 0.05) is 23.0 Å². The molecule has 2 aromatic carbocycles. The Morgan fingerprint density at radius 2 is 1.87 bits per heavy atom. The Kier molecular flexibility index (Phi) is 3.72. The van der Waals surface area contributed by atoms with Crippen LogP contribution in [-0.2, 0) is 0 Å². The van der Waals surface area contributed by atoms with E-state index in [2.05, 4.69) is 65.0 Å². The molecule has 0 amide bonds. The number of aromatic nitrogens is 2. The third-order valence-electron chi connectivity index (χ3n) is 3.85. The van der Waals surface area contributed by atoms with Gasteiger partial charge in [-0.25, -0.2) is 4.98 Å². The van der Waals surface area contributed by atoms with Crippen molar-refractivity contribution in [2.75, 3.05) is 18.6 Å². The van der Waals surface area contributed by atoms with Crippen LogP contribution < -0.4 is 10.6 Å². The highest BCUT2D eigenvalue weighted by atomic mass is 32.1. The van der Waals surface area contributed by atoms with Crippen LogP contribution in [0, 0.1) is 0 Å². The van der Waals surface area contributed by atoms with Crippen LogP contribution in [0.3, 0.4) is 0 Å². The van der Waals surface area contributed by atoms with E-state index < -0.39 is 0 Å². The fraction of sp³-hybridized carbons (Fsp3) is 0.111. The summed E-state index contributed by atoms with van der Waals surface area (Å²) in [6.07, 6.45) is 1.85. The minimum absolute atomic E-state index is 0.122. The van der Waals surface area contributed by atoms with E-state index in [1.54, 1.807) is 11.3 Å². The predicted octanol–water partition coefficient (Wildman–Crippen LogP) is 4.95. The van der Waals surface area contributed by atoms with Crippen LogP contribution in [0.5, 0.6) is 0 Å². The zero-order chi connectivity index (χ0) is 15.8. The Balaban J connectivity index is 1.79. The molecule has 0 bridgehead atoms. The summed E-state index contributed by atoms with van der Waals surface area (Å²) in [5.74, 6) is 0. The average Bonchev–Trinajstić information content (AvgIpc) is 3.02. The third kappa shape index (κ3) is 2.80. The van der Waals surface area contributed by atoms with Gasteiger partial charge < -0.3 is 5.32 Å². The van der Waals surface area contributed by atoms with E-state index in [-0.39, 0.29) is 7.92 Å². The lowest BCUT2D eigenvalue weighted by molar-refractivity contribution is 1.41. The van der Waals surface area contributed by atoms with E-state index in [4.69, 9.17) is 0 Å². The molecule has 2 aromatic heterocycles. The first-order valence-corrected chi connectivity index (χ1v) is 10.5. The first-order valence-electron chi connectivity index (χ1n) is 7.37. The minimum atomic E-state index is -0.122. The van der Waals surface area contributed by atoms with Crippen LogP contribution in [-0.4, -0.2) is 23.3 Å². The number of thiazole rings is 1. The lowest BCUT2D eigenvalue weighted by Gasteiger charge is -2.12. The van der Waals surface area contributed by atoms with Crippen molar-refractivity contribution in [2.45, 2.75) is 0 Å². The Labute approximate surface area is 140 Å². The summed E-state index contributed by atoms with van der Waals surface area (Å²) in [6, 6.07) is 14.9. The number of nitrogens with zero attached hydrogens (tertiary/aromatic N) is 2. The maximum atomic E-state index is 4.48. The van der Waals surface area contributed by atoms with Crippen molar-refractivity contribution in [3.8, 4) is 0 Å². The Hall–Kier alpha value is -2.03. The van der Waals surface area contributed by atoms with E-state index in [1.165, 1.54) is 15.4 Å². The Morgan fingerprint density at radius 3 is 2.74 bits per heavy atom. The van der Waals surface area contributed by atoms with Crippen LogP contribution >= 0.6 is 19.3 Å². The van der Waals surface area contributed by atoms with Gasteiger partial charge in [0.25, 0.3) is 0 Å². The number of benzene rings is 2. The summed E-state index contributed by atoms with van der Waals surface area (Å²) in [5, 5.41) is 6.08. The van der Waals surface area contributed by atoms with Crippen molar-refractivity contribution in [3.63, 3.8) is 0 Å². The van der Waals surface area contributed by atoms with Crippen molar-refractivity contribution >= 4 is 57.1 Å². The highest BCUT2D eigenvalue weighted by Crippen LogP contribution is 2.30. The molecule has 0 radical (unpaired) electrons. The lowest BCUT2D eigenvalue weighted by Crippen LogP contribution is -2.00. The van der Waals surface area contributed by atoms with Gasteiger partial charge in [-0.1, -0.05) is 14.0 Å². The van der Waals surface area contributed by atoms with Gasteiger partial charge in [0.2, 0.25) is 0 Å². The molecule has 0 saturated heterocycles. The summed E-state index contributed by atoms with van der Waals surface area (Å²) in [6.45, 7) is 4.55. The maximum Gasteiger partial charge on any atom is 0.0832 e. The van der Waals surface area contributed by atoms with Gasteiger partial charge in [0.05, 0.1) is 21.2 Å². The van der Waals surface area contributed by atoms with E-state index in [9.17, 15) is 0 Å². The van der Waals surface area contributed by atoms with Crippen LogP contribution in [0.2, 0.25) is 0 Å². The van der Waals surface area contributed by atoms with Crippen LogP contribution in [0.25, 0.3) is 21.1 Å². The molecule has 1 N–H and O–H groups in total. The van der Waals surface area contributed by atoms with Crippen molar-refractivity contribution in [2.24, 2.45) is 0 Å². The lowest BCUT2D eigenvalue weighted by atomic mass is 10.2. The summed E-state index contributed by atoms with van der Waals surface area (Å²) < 4.78 is 1.21. The maximum absolute atomic E-state index is 4.48. The zero-order valence-corrected chi connectivity index (χ0v) is 14.7. The molecule has 0 atom stereocenters. The van der Waals surface area contributed by atoms with Crippen molar-refractivity contribution in [1.82, 2.24) is 9.97 Å². The summed E-state index contributed by atoms with van der Waals surface area (Å²) in [7, 11) is -0.122. The number of rotatable bonds is 3. The Morgan fingerprint density at radius 1 is 0.957 bits per heavy atom. The van der Waals surface area contributed by atoms with Crippen LogP contribution in [0.1, 0.15) is 0 Å². The molecule has 0 saturated carbocycles. The first-order chi connectivity index (χ1) is 11.2. The van der Waals surface area contributed by atoms with Crippen molar-refractivity contribution in [3.05, 3.63) is 54.2 Å². The highest BCUT2D eigenvalue weighted by Gasteiger charge is 2.07.